The molecule has 0 aliphatic carbocycles. The third-order valence-corrected chi connectivity index (χ3v) is 3.36. The summed E-state index contributed by atoms with van der Waals surface area (Å²) >= 11 is 0. The van der Waals surface area contributed by atoms with Crippen LogP contribution in [0, 0.1) is 12.3 Å². The Morgan fingerprint density at radius 3 is 2.95 bits per heavy atom. The van der Waals surface area contributed by atoms with E-state index in [2.05, 4.69) is 21.9 Å². The van der Waals surface area contributed by atoms with E-state index in [4.69, 9.17) is 6.42 Å². The lowest BCUT2D eigenvalue weighted by molar-refractivity contribution is -0.135. The Bertz CT molecular complexity index is 456. The maximum atomic E-state index is 12.0. The van der Waals surface area contributed by atoms with Crippen LogP contribution < -0.4 is 16.0 Å². The van der Waals surface area contributed by atoms with Gasteiger partial charge in [0.2, 0.25) is 5.91 Å². The van der Waals surface area contributed by atoms with Crippen molar-refractivity contribution in [2.45, 2.75) is 18.4 Å². The van der Waals surface area contributed by atoms with E-state index in [1.165, 1.54) is 0 Å². The molecule has 0 aromatic carbocycles. The zero-order chi connectivity index (χ0) is 13.9. The van der Waals surface area contributed by atoms with Gasteiger partial charge in [-0.05, 0) is 12.8 Å². The monoisotopic (exact) mass is 264 g/mol. The fraction of sp³-hybridized carbons (Fsp3) is 0.583. The largest absolute Gasteiger partial charge is 0.339 e. The van der Waals surface area contributed by atoms with Crippen molar-refractivity contribution >= 4 is 17.8 Å². The highest BCUT2D eigenvalue weighted by molar-refractivity contribution is 6.07. The van der Waals surface area contributed by atoms with E-state index >= 15 is 0 Å². The van der Waals surface area contributed by atoms with Crippen LogP contribution in [-0.4, -0.2) is 54.5 Å². The average molecular weight is 264 g/mol. The van der Waals surface area contributed by atoms with E-state index in [9.17, 15) is 14.4 Å². The Hall–Kier alpha value is -2.07. The molecule has 1 unspecified atom stereocenters. The minimum absolute atomic E-state index is 0.122. The SMILES string of the molecule is C#CCNCC(=O)N1CCCC2(C1)NC(=O)NC2=O. The van der Waals surface area contributed by atoms with E-state index in [1.54, 1.807) is 4.90 Å². The summed E-state index contributed by atoms with van der Waals surface area (Å²) < 4.78 is 0. The topological polar surface area (TPSA) is 90.5 Å². The summed E-state index contributed by atoms with van der Waals surface area (Å²) in [7, 11) is 0. The summed E-state index contributed by atoms with van der Waals surface area (Å²) in [5.74, 6) is 1.91. The third-order valence-electron chi connectivity index (χ3n) is 3.36. The van der Waals surface area contributed by atoms with Gasteiger partial charge in [-0.3, -0.25) is 20.2 Å². The van der Waals surface area contributed by atoms with Gasteiger partial charge in [-0.15, -0.1) is 6.42 Å². The first-order valence-corrected chi connectivity index (χ1v) is 6.13. The summed E-state index contributed by atoms with van der Waals surface area (Å²) in [6.07, 6.45) is 6.31. The molecular formula is C12H16N4O3. The summed E-state index contributed by atoms with van der Waals surface area (Å²) in [5, 5.41) is 7.66. The highest BCUT2D eigenvalue weighted by Crippen LogP contribution is 2.24. The second-order valence-electron chi connectivity index (χ2n) is 4.72. The summed E-state index contributed by atoms with van der Waals surface area (Å²) in [5.41, 5.74) is -0.961. The van der Waals surface area contributed by atoms with Gasteiger partial charge in [0.25, 0.3) is 5.91 Å². The number of amides is 4. The predicted octanol–water partition coefficient (Wildman–Crippen LogP) is -1.59. The number of hydrogen-bond acceptors (Lipinski definition) is 4. The van der Waals surface area contributed by atoms with E-state index in [0.29, 0.717) is 25.9 Å². The Morgan fingerprint density at radius 1 is 1.53 bits per heavy atom. The molecule has 2 aliphatic rings. The highest BCUT2D eigenvalue weighted by Gasteiger charge is 2.49. The van der Waals surface area contributed by atoms with Crippen molar-refractivity contribution in [3.8, 4) is 12.3 Å². The molecule has 0 bridgehead atoms. The van der Waals surface area contributed by atoms with E-state index in [1.807, 2.05) is 0 Å². The van der Waals surface area contributed by atoms with Gasteiger partial charge in [-0.1, -0.05) is 5.92 Å². The highest BCUT2D eigenvalue weighted by atomic mass is 16.2. The number of carbonyl (C=O) groups excluding carboxylic acids is 3. The molecule has 7 nitrogen and oxygen atoms in total. The number of urea groups is 1. The molecule has 2 rings (SSSR count). The zero-order valence-corrected chi connectivity index (χ0v) is 10.5. The first-order valence-electron chi connectivity index (χ1n) is 6.13. The van der Waals surface area contributed by atoms with Crippen LogP contribution in [0.2, 0.25) is 0 Å². The minimum Gasteiger partial charge on any atom is -0.339 e. The van der Waals surface area contributed by atoms with Crippen molar-refractivity contribution in [1.29, 1.82) is 0 Å². The van der Waals surface area contributed by atoms with Crippen LogP contribution in [0.4, 0.5) is 4.79 Å². The van der Waals surface area contributed by atoms with Crippen LogP contribution in [0.15, 0.2) is 0 Å². The number of carbonyl (C=O) groups is 3. The Morgan fingerprint density at radius 2 is 2.32 bits per heavy atom. The molecule has 1 spiro atoms. The van der Waals surface area contributed by atoms with Gasteiger partial charge in [0, 0.05) is 6.54 Å². The van der Waals surface area contributed by atoms with Crippen molar-refractivity contribution in [1.82, 2.24) is 20.9 Å². The Kier molecular flexibility index (Phi) is 3.71. The number of nitrogens with one attached hydrogen (secondary N) is 3. The van der Waals surface area contributed by atoms with Crippen molar-refractivity contribution < 1.29 is 14.4 Å². The van der Waals surface area contributed by atoms with Crippen molar-refractivity contribution in [2.24, 2.45) is 0 Å². The number of hydrogen-bond donors (Lipinski definition) is 3. The summed E-state index contributed by atoms with van der Waals surface area (Å²) in [4.78, 5) is 36.6. The lowest BCUT2D eigenvalue weighted by Crippen LogP contribution is -2.60. The van der Waals surface area contributed by atoms with Gasteiger partial charge in [0.05, 0.1) is 19.6 Å². The number of piperidine rings is 1. The Labute approximate surface area is 111 Å². The molecule has 0 radical (unpaired) electrons. The second-order valence-corrected chi connectivity index (χ2v) is 4.72. The number of terminal acetylenes is 1. The quantitative estimate of drug-likeness (QED) is 0.326. The first kappa shape index (κ1) is 13.4. The molecule has 0 aromatic rings. The molecule has 2 fully saturated rings. The number of rotatable bonds is 3. The standard InChI is InChI=1S/C12H16N4O3/c1-2-5-13-7-9(17)16-6-3-4-12(8-16)10(18)14-11(19)15-12/h1,13H,3-8H2,(H2,14,15,18,19). The second kappa shape index (κ2) is 5.28. The van der Waals surface area contributed by atoms with Crippen LogP contribution in [-0.2, 0) is 9.59 Å². The molecular weight excluding hydrogens is 248 g/mol. The van der Waals surface area contributed by atoms with Crippen LogP contribution >= 0.6 is 0 Å². The van der Waals surface area contributed by atoms with E-state index < -0.39 is 11.6 Å². The van der Waals surface area contributed by atoms with Crippen LogP contribution in [0.25, 0.3) is 0 Å². The van der Waals surface area contributed by atoms with Crippen molar-refractivity contribution in [2.75, 3.05) is 26.2 Å². The maximum absolute atomic E-state index is 12.0. The molecule has 19 heavy (non-hydrogen) atoms. The predicted molar refractivity (Wildman–Crippen MR) is 66.9 cm³/mol. The number of nitrogens with zero attached hydrogens (tertiary/aromatic N) is 1. The lowest BCUT2D eigenvalue weighted by atomic mass is 9.89. The summed E-state index contributed by atoms with van der Waals surface area (Å²) in [6.45, 7) is 1.25. The fourth-order valence-corrected chi connectivity index (χ4v) is 2.44. The molecule has 102 valence electrons. The fourth-order valence-electron chi connectivity index (χ4n) is 2.44. The van der Waals surface area contributed by atoms with E-state index in [-0.39, 0.29) is 24.9 Å². The minimum atomic E-state index is -0.961. The molecule has 0 aromatic heterocycles. The molecule has 2 aliphatic heterocycles. The normalized spacial score (nSPS) is 25.9. The molecule has 2 saturated heterocycles. The molecule has 1 atom stereocenters. The molecule has 0 saturated carbocycles. The maximum Gasteiger partial charge on any atom is 0.322 e. The van der Waals surface area contributed by atoms with Gasteiger partial charge in [-0.25, -0.2) is 4.79 Å². The molecule has 3 N–H and O–H groups in total. The van der Waals surface area contributed by atoms with Gasteiger partial charge in [-0.2, -0.15) is 0 Å². The van der Waals surface area contributed by atoms with Gasteiger partial charge in [0.15, 0.2) is 0 Å². The molecule has 2 heterocycles. The van der Waals surface area contributed by atoms with E-state index in [0.717, 1.165) is 0 Å². The third kappa shape index (κ3) is 2.69. The molecule has 4 amide bonds. The van der Waals surface area contributed by atoms with Crippen molar-refractivity contribution in [3.05, 3.63) is 0 Å². The number of likely N-dealkylation sites (tertiary alicyclic amines) is 1. The molecule has 7 heteroatoms. The first-order chi connectivity index (χ1) is 9.07. The van der Waals surface area contributed by atoms with Gasteiger partial charge >= 0.3 is 6.03 Å². The lowest BCUT2D eigenvalue weighted by Gasteiger charge is -2.38. The van der Waals surface area contributed by atoms with Crippen LogP contribution in [0.3, 0.4) is 0 Å². The average Bonchev–Trinajstić information content (AvgIpc) is 2.64. The van der Waals surface area contributed by atoms with Crippen LogP contribution in [0.1, 0.15) is 12.8 Å². The van der Waals surface area contributed by atoms with Crippen LogP contribution in [0.5, 0.6) is 0 Å². The Balaban J connectivity index is 1.98. The smallest absolute Gasteiger partial charge is 0.322 e. The zero-order valence-electron chi connectivity index (χ0n) is 10.5. The van der Waals surface area contributed by atoms with Crippen molar-refractivity contribution in [3.63, 3.8) is 0 Å². The van der Waals surface area contributed by atoms with Gasteiger partial charge < -0.3 is 10.2 Å². The number of imide groups is 1. The summed E-state index contributed by atoms with van der Waals surface area (Å²) in [6, 6.07) is -0.496. The van der Waals surface area contributed by atoms with Gasteiger partial charge in [0.1, 0.15) is 5.54 Å².